The maximum Gasteiger partial charge on any atom is 0.308 e. The second kappa shape index (κ2) is 6.89. The maximum atomic E-state index is 11.5. The molecule has 1 aliphatic carbocycles. The Morgan fingerprint density at radius 1 is 1.20 bits per heavy atom. The second-order valence-corrected chi connectivity index (χ2v) is 6.05. The fourth-order valence-electron chi connectivity index (χ4n) is 3.20. The summed E-state index contributed by atoms with van der Waals surface area (Å²) in [6, 6.07) is 8.67. The first-order valence-electron chi connectivity index (χ1n) is 7.56. The summed E-state index contributed by atoms with van der Waals surface area (Å²) in [6.07, 6.45) is 5.18. The normalized spacial score (nSPS) is 23.6. The number of hydrogen-bond acceptors (Lipinski definition) is 2. The predicted molar refractivity (Wildman–Crippen MR) is 80.6 cm³/mol. The first-order chi connectivity index (χ1) is 9.58. The quantitative estimate of drug-likeness (QED) is 0.855. The van der Waals surface area contributed by atoms with E-state index in [4.69, 9.17) is 0 Å². The van der Waals surface area contributed by atoms with Gasteiger partial charge in [-0.1, -0.05) is 49.1 Å². The first kappa shape index (κ1) is 15.0. The molecule has 110 valence electrons. The monoisotopic (exact) mass is 275 g/mol. The van der Waals surface area contributed by atoms with E-state index >= 15 is 0 Å². The average molecular weight is 275 g/mol. The third kappa shape index (κ3) is 3.83. The van der Waals surface area contributed by atoms with E-state index in [2.05, 4.69) is 43.1 Å². The minimum absolute atomic E-state index is 0.163. The molecule has 3 heteroatoms. The molecule has 0 amide bonds. The van der Waals surface area contributed by atoms with Gasteiger partial charge in [-0.05, 0) is 32.4 Å². The Labute approximate surface area is 121 Å². The van der Waals surface area contributed by atoms with E-state index in [1.807, 2.05) is 0 Å². The predicted octanol–water partition coefficient (Wildman–Crippen LogP) is 3.46. The maximum absolute atomic E-state index is 11.5. The molecule has 0 radical (unpaired) electrons. The van der Waals surface area contributed by atoms with Gasteiger partial charge in [0, 0.05) is 12.6 Å². The lowest BCUT2D eigenvalue weighted by Crippen LogP contribution is -2.40. The summed E-state index contributed by atoms with van der Waals surface area (Å²) in [7, 11) is 2.06. The van der Waals surface area contributed by atoms with Crippen molar-refractivity contribution in [3.05, 3.63) is 35.4 Å². The zero-order valence-corrected chi connectivity index (χ0v) is 12.5. The number of rotatable bonds is 4. The molecular weight excluding hydrogens is 250 g/mol. The van der Waals surface area contributed by atoms with E-state index in [1.165, 1.54) is 17.5 Å². The summed E-state index contributed by atoms with van der Waals surface area (Å²) in [4.78, 5) is 13.7. The van der Waals surface area contributed by atoms with E-state index in [0.717, 1.165) is 32.2 Å². The molecule has 1 aromatic carbocycles. The molecule has 1 fully saturated rings. The van der Waals surface area contributed by atoms with Gasteiger partial charge in [0.05, 0.1) is 5.92 Å². The molecule has 1 saturated carbocycles. The standard InChI is InChI=1S/C17H25NO2/c1-13-8-10-14(11-9-13)12-18(2)16-7-5-3-4-6-15(16)17(19)20/h8-11,15-16H,3-7,12H2,1-2H3,(H,19,20). The summed E-state index contributed by atoms with van der Waals surface area (Å²) in [5.74, 6) is -0.847. The first-order valence-corrected chi connectivity index (χ1v) is 7.56. The van der Waals surface area contributed by atoms with Crippen LogP contribution in [0.2, 0.25) is 0 Å². The number of carboxylic acid groups (broad SMARTS) is 1. The van der Waals surface area contributed by atoms with Gasteiger partial charge in [-0.25, -0.2) is 0 Å². The smallest absolute Gasteiger partial charge is 0.308 e. The van der Waals surface area contributed by atoms with Gasteiger partial charge >= 0.3 is 5.97 Å². The Hall–Kier alpha value is -1.35. The van der Waals surface area contributed by atoms with Crippen LogP contribution in [0.3, 0.4) is 0 Å². The van der Waals surface area contributed by atoms with E-state index < -0.39 is 5.97 Å². The van der Waals surface area contributed by atoms with Crippen LogP contribution in [0.5, 0.6) is 0 Å². The largest absolute Gasteiger partial charge is 0.481 e. The number of aryl methyl sites for hydroxylation is 1. The zero-order valence-electron chi connectivity index (χ0n) is 12.5. The van der Waals surface area contributed by atoms with Crippen molar-refractivity contribution >= 4 is 5.97 Å². The van der Waals surface area contributed by atoms with Crippen LogP contribution < -0.4 is 0 Å². The van der Waals surface area contributed by atoms with Crippen molar-refractivity contribution in [1.82, 2.24) is 4.90 Å². The van der Waals surface area contributed by atoms with Gasteiger partial charge in [0.1, 0.15) is 0 Å². The van der Waals surface area contributed by atoms with Gasteiger partial charge in [-0.3, -0.25) is 9.69 Å². The van der Waals surface area contributed by atoms with Crippen LogP contribution in [-0.2, 0) is 11.3 Å². The van der Waals surface area contributed by atoms with Crippen LogP contribution in [0, 0.1) is 12.8 Å². The molecule has 1 aromatic rings. The van der Waals surface area contributed by atoms with Gasteiger partial charge in [0.25, 0.3) is 0 Å². The Kier molecular flexibility index (Phi) is 5.18. The minimum Gasteiger partial charge on any atom is -0.481 e. The van der Waals surface area contributed by atoms with Crippen molar-refractivity contribution in [1.29, 1.82) is 0 Å². The Bertz CT molecular complexity index is 441. The number of carboxylic acids is 1. The number of nitrogens with zero attached hydrogens (tertiary/aromatic N) is 1. The van der Waals surface area contributed by atoms with Gasteiger partial charge < -0.3 is 5.11 Å². The fourth-order valence-corrected chi connectivity index (χ4v) is 3.20. The molecule has 0 aromatic heterocycles. The summed E-state index contributed by atoms with van der Waals surface area (Å²) in [6.45, 7) is 2.91. The van der Waals surface area contributed by atoms with Crippen molar-refractivity contribution < 1.29 is 9.90 Å². The summed E-state index contributed by atoms with van der Waals surface area (Å²) >= 11 is 0. The van der Waals surface area contributed by atoms with Crippen molar-refractivity contribution in [3.8, 4) is 0 Å². The highest BCUT2D eigenvalue weighted by atomic mass is 16.4. The van der Waals surface area contributed by atoms with Gasteiger partial charge in [0.15, 0.2) is 0 Å². The van der Waals surface area contributed by atoms with Crippen molar-refractivity contribution in [2.75, 3.05) is 7.05 Å². The summed E-state index contributed by atoms with van der Waals surface area (Å²) < 4.78 is 0. The molecule has 3 nitrogen and oxygen atoms in total. The Morgan fingerprint density at radius 2 is 1.85 bits per heavy atom. The molecular formula is C17H25NO2. The number of carbonyl (C=O) groups is 1. The Morgan fingerprint density at radius 3 is 2.50 bits per heavy atom. The van der Waals surface area contributed by atoms with E-state index in [1.54, 1.807) is 0 Å². The van der Waals surface area contributed by atoms with Gasteiger partial charge in [-0.15, -0.1) is 0 Å². The van der Waals surface area contributed by atoms with Gasteiger partial charge in [0.2, 0.25) is 0 Å². The molecule has 0 bridgehead atoms. The van der Waals surface area contributed by atoms with Crippen LogP contribution in [0.4, 0.5) is 0 Å². The van der Waals surface area contributed by atoms with Crippen molar-refractivity contribution in [3.63, 3.8) is 0 Å². The zero-order chi connectivity index (χ0) is 14.5. The lowest BCUT2D eigenvalue weighted by Gasteiger charge is -2.31. The Balaban J connectivity index is 2.06. The van der Waals surface area contributed by atoms with Crippen LogP contribution in [0.15, 0.2) is 24.3 Å². The van der Waals surface area contributed by atoms with Crippen LogP contribution in [-0.4, -0.2) is 29.1 Å². The topological polar surface area (TPSA) is 40.5 Å². The van der Waals surface area contributed by atoms with E-state index in [9.17, 15) is 9.90 Å². The SMILES string of the molecule is Cc1ccc(CN(C)C2CCCCCC2C(=O)O)cc1. The molecule has 20 heavy (non-hydrogen) atoms. The third-order valence-corrected chi connectivity index (χ3v) is 4.42. The van der Waals surface area contributed by atoms with Gasteiger partial charge in [-0.2, -0.15) is 0 Å². The summed E-state index contributed by atoms with van der Waals surface area (Å²) in [5.41, 5.74) is 2.51. The van der Waals surface area contributed by atoms with Crippen LogP contribution >= 0.6 is 0 Å². The lowest BCUT2D eigenvalue weighted by atomic mass is 9.93. The second-order valence-electron chi connectivity index (χ2n) is 6.05. The highest BCUT2D eigenvalue weighted by Gasteiger charge is 2.32. The number of hydrogen-bond donors (Lipinski definition) is 1. The summed E-state index contributed by atoms with van der Waals surface area (Å²) in [5, 5.41) is 9.46. The average Bonchev–Trinajstić information content (AvgIpc) is 2.67. The highest BCUT2D eigenvalue weighted by Crippen LogP contribution is 2.28. The fraction of sp³-hybridized carbons (Fsp3) is 0.588. The van der Waals surface area contributed by atoms with E-state index in [0.29, 0.717) is 0 Å². The number of aliphatic carboxylic acids is 1. The van der Waals surface area contributed by atoms with E-state index in [-0.39, 0.29) is 12.0 Å². The van der Waals surface area contributed by atoms with Crippen molar-refractivity contribution in [2.45, 2.75) is 51.6 Å². The molecule has 2 rings (SSSR count). The molecule has 0 aliphatic heterocycles. The molecule has 0 heterocycles. The molecule has 0 spiro atoms. The molecule has 1 aliphatic rings. The molecule has 1 N–H and O–H groups in total. The van der Waals surface area contributed by atoms with Crippen LogP contribution in [0.1, 0.15) is 43.2 Å². The molecule has 0 saturated heterocycles. The molecule has 2 atom stereocenters. The van der Waals surface area contributed by atoms with Crippen LogP contribution in [0.25, 0.3) is 0 Å². The number of benzene rings is 1. The molecule has 2 unspecified atom stereocenters. The minimum atomic E-state index is -0.632. The highest BCUT2D eigenvalue weighted by molar-refractivity contribution is 5.70. The lowest BCUT2D eigenvalue weighted by molar-refractivity contribution is -0.144. The van der Waals surface area contributed by atoms with Crippen molar-refractivity contribution in [2.24, 2.45) is 5.92 Å². The third-order valence-electron chi connectivity index (χ3n) is 4.42.